The first-order valence-corrected chi connectivity index (χ1v) is 8.46. The Labute approximate surface area is 126 Å². The number of unbranched alkanes of at least 4 members (excludes halogenated alkanes) is 1. The second-order valence-electron chi connectivity index (χ2n) is 5.09. The van der Waals surface area contributed by atoms with Crippen LogP contribution in [0, 0.1) is 0 Å². The van der Waals surface area contributed by atoms with E-state index in [1.54, 1.807) is 26.0 Å². The van der Waals surface area contributed by atoms with E-state index < -0.39 is 10.0 Å². The quantitative estimate of drug-likeness (QED) is 0.632. The van der Waals surface area contributed by atoms with Gasteiger partial charge in [-0.1, -0.05) is 0 Å². The zero-order chi connectivity index (χ0) is 15.9. The molecule has 6 nitrogen and oxygen atoms in total. The van der Waals surface area contributed by atoms with Crippen molar-refractivity contribution in [2.24, 2.45) is 5.73 Å². The number of carbonyl (C=O) groups is 1. The number of rotatable bonds is 8. The lowest BCUT2D eigenvalue weighted by Gasteiger charge is -2.10. The number of carbonyl (C=O) groups excluding carboxylic acids is 1. The molecule has 0 fully saturated rings. The molecular weight excluding hydrogens is 290 g/mol. The molecule has 1 aromatic rings. The van der Waals surface area contributed by atoms with Crippen LogP contribution in [0.15, 0.2) is 29.2 Å². The van der Waals surface area contributed by atoms with Crippen LogP contribution in [0.25, 0.3) is 0 Å². The number of benzene rings is 1. The Morgan fingerprint density at radius 3 is 2.33 bits per heavy atom. The van der Waals surface area contributed by atoms with Gasteiger partial charge in [-0.15, -0.1) is 0 Å². The largest absolute Gasteiger partial charge is 0.330 e. The van der Waals surface area contributed by atoms with Crippen LogP contribution in [-0.2, 0) is 14.8 Å². The van der Waals surface area contributed by atoms with Gasteiger partial charge in [-0.2, -0.15) is 0 Å². The molecule has 1 rings (SSSR count). The lowest BCUT2D eigenvalue weighted by Crippen LogP contribution is -2.30. The van der Waals surface area contributed by atoms with Crippen LogP contribution in [0.4, 0.5) is 5.69 Å². The number of nitrogens with two attached hydrogens (primary N) is 1. The van der Waals surface area contributed by atoms with Crippen molar-refractivity contribution in [3.63, 3.8) is 0 Å². The van der Waals surface area contributed by atoms with Crippen molar-refractivity contribution >= 4 is 21.6 Å². The topological polar surface area (TPSA) is 101 Å². The summed E-state index contributed by atoms with van der Waals surface area (Å²) >= 11 is 0. The van der Waals surface area contributed by atoms with Gasteiger partial charge >= 0.3 is 0 Å². The lowest BCUT2D eigenvalue weighted by atomic mass is 10.2. The van der Waals surface area contributed by atoms with Crippen molar-refractivity contribution in [2.45, 2.75) is 44.0 Å². The molecule has 0 saturated heterocycles. The molecule has 0 radical (unpaired) electrons. The molecule has 0 unspecified atom stereocenters. The highest BCUT2D eigenvalue weighted by atomic mass is 32.2. The van der Waals surface area contributed by atoms with Gasteiger partial charge in [0.1, 0.15) is 0 Å². The van der Waals surface area contributed by atoms with Crippen LogP contribution in [-0.4, -0.2) is 26.9 Å². The molecule has 0 spiro atoms. The maximum Gasteiger partial charge on any atom is 0.240 e. The Hall–Kier alpha value is -1.44. The van der Waals surface area contributed by atoms with E-state index in [0.717, 1.165) is 12.8 Å². The minimum atomic E-state index is -3.50. The van der Waals surface area contributed by atoms with Gasteiger partial charge in [0.25, 0.3) is 0 Å². The number of hydrogen-bond donors (Lipinski definition) is 3. The van der Waals surface area contributed by atoms with Gasteiger partial charge in [0.05, 0.1) is 4.90 Å². The number of hydrogen-bond acceptors (Lipinski definition) is 4. The zero-order valence-electron chi connectivity index (χ0n) is 12.4. The molecule has 0 saturated carbocycles. The van der Waals surface area contributed by atoms with E-state index in [9.17, 15) is 13.2 Å². The van der Waals surface area contributed by atoms with E-state index in [1.807, 2.05) is 0 Å². The second-order valence-corrected chi connectivity index (χ2v) is 6.81. The summed E-state index contributed by atoms with van der Waals surface area (Å²) in [6.45, 7) is 4.09. The summed E-state index contributed by atoms with van der Waals surface area (Å²) in [5, 5.41) is 2.73. The van der Waals surface area contributed by atoms with Gasteiger partial charge in [-0.25, -0.2) is 13.1 Å². The van der Waals surface area contributed by atoms with E-state index >= 15 is 0 Å². The maximum atomic E-state index is 11.9. The number of sulfonamides is 1. The molecule has 1 aromatic carbocycles. The highest BCUT2D eigenvalue weighted by Gasteiger charge is 2.15. The zero-order valence-corrected chi connectivity index (χ0v) is 13.2. The smallest absolute Gasteiger partial charge is 0.240 e. The molecule has 0 aliphatic rings. The molecule has 21 heavy (non-hydrogen) atoms. The molecule has 1 amide bonds. The fourth-order valence-electron chi connectivity index (χ4n) is 1.75. The fraction of sp³-hybridized carbons (Fsp3) is 0.500. The molecule has 0 atom stereocenters. The van der Waals surface area contributed by atoms with Gasteiger partial charge < -0.3 is 11.1 Å². The molecule has 118 valence electrons. The summed E-state index contributed by atoms with van der Waals surface area (Å²) in [6.07, 6.45) is 1.96. The predicted molar refractivity (Wildman–Crippen MR) is 83.4 cm³/mol. The number of anilines is 1. The Balaban J connectivity index is 2.64. The van der Waals surface area contributed by atoms with Crippen molar-refractivity contribution in [3.05, 3.63) is 24.3 Å². The average molecular weight is 313 g/mol. The summed E-state index contributed by atoms with van der Waals surface area (Å²) in [4.78, 5) is 11.8. The highest BCUT2D eigenvalue weighted by molar-refractivity contribution is 7.89. The van der Waals surface area contributed by atoms with Crippen molar-refractivity contribution in [2.75, 3.05) is 11.9 Å². The van der Waals surface area contributed by atoms with Crippen LogP contribution in [0.1, 0.15) is 33.1 Å². The lowest BCUT2D eigenvalue weighted by molar-refractivity contribution is -0.116. The summed E-state index contributed by atoms with van der Waals surface area (Å²) in [7, 11) is -3.50. The maximum absolute atomic E-state index is 11.9. The van der Waals surface area contributed by atoms with Gasteiger partial charge in [-0.3, -0.25) is 4.79 Å². The third-order valence-electron chi connectivity index (χ3n) is 2.70. The third-order valence-corrected chi connectivity index (χ3v) is 4.37. The Morgan fingerprint density at radius 2 is 1.81 bits per heavy atom. The Bertz CT molecular complexity index is 553. The molecule has 0 aliphatic carbocycles. The number of amides is 1. The summed E-state index contributed by atoms with van der Waals surface area (Å²) in [5.74, 6) is -0.0978. The SMILES string of the molecule is CC(C)NS(=O)(=O)c1ccc(NC(=O)CCCCN)cc1. The highest BCUT2D eigenvalue weighted by Crippen LogP contribution is 2.14. The first kappa shape index (κ1) is 17.6. The third kappa shape index (κ3) is 6.24. The second kappa shape index (κ2) is 8.11. The van der Waals surface area contributed by atoms with Gasteiger partial charge in [0, 0.05) is 18.2 Å². The van der Waals surface area contributed by atoms with E-state index in [4.69, 9.17) is 5.73 Å². The number of nitrogens with one attached hydrogen (secondary N) is 2. The van der Waals surface area contributed by atoms with Crippen LogP contribution in [0.3, 0.4) is 0 Å². The normalized spacial score (nSPS) is 11.6. The molecule has 0 aromatic heterocycles. The van der Waals surface area contributed by atoms with Gasteiger partial charge in [-0.05, 0) is 57.5 Å². The first-order valence-electron chi connectivity index (χ1n) is 6.97. The predicted octanol–water partition coefficient (Wildman–Crippen LogP) is 1.44. The van der Waals surface area contributed by atoms with Crippen LogP contribution >= 0.6 is 0 Å². The van der Waals surface area contributed by atoms with Crippen molar-refractivity contribution in [1.29, 1.82) is 0 Å². The van der Waals surface area contributed by atoms with Crippen LogP contribution in [0.5, 0.6) is 0 Å². The Kier molecular flexibility index (Phi) is 6.80. The summed E-state index contributed by atoms with van der Waals surface area (Å²) < 4.78 is 26.4. The van der Waals surface area contributed by atoms with E-state index in [2.05, 4.69) is 10.0 Å². The molecule has 7 heteroatoms. The van der Waals surface area contributed by atoms with Crippen molar-refractivity contribution in [3.8, 4) is 0 Å². The van der Waals surface area contributed by atoms with Crippen molar-refractivity contribution in [1.82, 2.24) is 4.72 Å². The minimum Gasteiger partial charge on any atom is -0.330 e. The van der Waals surface area contributed by atoms with Crippen LogP contribution < -0.4 is 15.8 Å². The first-order chi connectivity index (χ1) is 9.85. The van der Waals surface area contributed by atoms with Crippen LogP contribution in [0.2, 0.25) is 0 Å². The van der Waals surface area contributed by atoms with Crippen molar-refractivity contribution < 1.29 is 13.2 Å². The standard InChI is InChI=1S/C14H23N3O3S/c1-11(2)17-21(19,20)13-8-6-12(7-9-13)16-14(18)5-3-4-10-15/h6-9,11,17H,3-5,10,15H2,1-2H3,(H,16,18). The molecular formula is C14H23N3O3S. The monoisotopic (exact) mass is 313 g/mol. The van der Waals surface area contributed by atoms with E-state index in [0.29, 0.717) is 18.7 Å². The Morgan fingerprint density at radius 1 is 1.19 bits per heavy atom. The van der Waals surface area contributed by atoms with E-state index in [1.165, 1.54) is 12.1 Å². The summed E-state index contributed by atoms with van der Waals surface area (Å²) in [6, 6.07) is 5.93. The molecule has 0 bridgehead atoms. The summed E-state index contributed by atoms with van der Waals surface area (Å²) in [5.41, 5.74) is 5.94. The molecule has 4 N–H and O–H groups in total. The molecule has 0 aliphatic heterocycles. The fourth-order valence-corrected chi connectivity index (χ4v) is 3.00. The average Bonchev–Trinajstić information content (AvgIpc) is 2.38. The van der Waals surface area contributed by atoms with Gasteiger partial charge in [0.2, 0.25) is 15.9 Å². The van der Waals surface area contributed by atoms with E-state index in [-0.39, 0.29) is 16.8 Å². The molecule has 0 heterocycles. The minimum absolute atomic E-state index is 0.0978. The van der Waals surface area contributed by atoms with Gasteiger partial charge in [0.15, 0.2) is 0 Å².